The van der Waals surface area contributed by atoms with Gasteiger partial charge >= 0.3 is 0 Å². The highest BCUT2D eigenvalue weighted by Crippen LogP contribution is 2.28. The molecule has 5 aromatic carbocycles. The molecule has 2 atom stereocenters. The van der Waals surface area contributed by atoms with E-state index < -0.39 is 12.2 Å². The van der Waals surface area contributed by atoms with E-state index in [9.17, 15) is 10.2 Å². The second-order valence-electron chi connectivity index (χ2n) is 13.5. The van der Waals surface area contributed by atoms with Gasteiger partial charge in [-0.15, -0.1) is 11.5 Å². The van der Waals surface area contributed by atoms with Crippen molar-refractivity contribution in [3.63, 3.8) is 0 Å². The van der Waals surface area contributed by atoms with Gasteiger partial charge in [0.1, 0.15) is 5.69 Å². The predicted molar refractivity (Wildman–Crippen MR) is 228 cm³/mol. The lowest BCUT2D eigenvalue weighted by atomic mass is 10.1. The minimum absolute atomic E-state index is 0.195. The van der Waals surface area contributed by atoms with Crippen molar-refractivity contribution >= 4 is 68.5 Å². The highest BCUT2D eigenvalue weighted by Gasteiger charge is 2.18. The normalized spacial score (nSPS) is 12.3. The van der Waals surface area contributed by atoms with Crippen LogP contribution in [0.15, 0.2) is 115 Å². The quantitative estimate of drug-likeness (QED) is 0.103. The second-order valence-corrected chi connectivity index (χ2v) is 15.2. The number of terminal acetylenes is 1. The lowest BCUT2D eigenvalue weighted by Gasteiger charge is -2.13. The number of hydrogen-bond donors (Lipinski definition) is 4. The molecule has 294 valence electrons. The number of aliphatic hydroxyl groups is 2. The maximum atomic E-state index is 10.9. The molecule has 11 nitrogen and oxygen atoms in total. The molecule has 8 rings (SSSR count). The van der Waals surface area contributed by atoms with Gasteiger partial charge in [-0.3, -0.25) is 15.4 Å². The van der Waals surface area contributed by atoms with Crippen molar-refractivity contribution in [3.8, 4) is 18.0 Å². The summed E-state index contributed by atoms with van der Waals surface area (Å²) in [4.78, 5) is 0. The molecule has 4 N–H and O–H groups in total. The number of halogens is 4. The highest BCUT2D eigenvalue weighted by atomic mass is 35.5. The van der Waals surface area contributed by atoms with E-state index in [1.807, 2.05) is 90.5 Å². The minimum Gasteiger partial charge on any atom is -0.387 e. The molecule has 3 heterocycles. The van der Waals surface area contributed by atoms with Gasteiger partial charge in [-0.2, -0.15) is 0 Å². The van der Waals surface area contributed by atoms with E-state index in [0.29, 0.717) is 44.3 Å². The second kappa shape index (κ2) is 17.5. The van der Waals surface area contributed by atoms with Crippen molar-refractivity contribution in [1.82, 2.24) is 33.3 Å². The van der Waals surface area contributed by atoms with Crippen LogP contribution in [0.1, 0.15) is 34.6 Å². The van der Waals surface area contributed by atoms with Crippen LogP contribution in [0.5, 0.6) is 0 Å². The predicted octanol–water partition coefficient (Wildman–Crippen LogP) is 8.50. The number of imidazole rings is 2. The molecule has 0 aliphatic rings. The molecular weight excluding hydrogens is 816 g/mol. The number of aromatic nitrogens is 7. The minimum atomic E-state index is -0.856. The van der Waals surface area contributed by atoms with E-state index in [2.05, 4.69) is 16.2 Å². The zero-order valence-electron chi connectivity index (χ0n) is 31.1. The van der Waals surface area contributed by atoms with E-state index >= 15 is 0 Å². The Bertz CT molecular complexity index is 2940. The molecule has 0 aliphatic heterocycles. The summed E-state index contributed by atoms with van der Waals surface area (Å²) in [6.07, 6.45) is 5.62. The molecule has 2 unspecified atom stereocenters. The fourth-order valence-electron chi connectivity index (χ4n) is 6.84. The summed E-state index contributed by atoms with van der Waals surface area (Å²) in [5.74, 6) is 2.56. The van der Waals surface area contributed by atoms with Crippen LogP contribution >= 0.6 is 46.4 Å². The Morgan fingerprint density at radius 3 is 1.60 bits per heavy atom. The third-order valence-corrected chi connectivity index (χ3v) is 11.3. The van der Waals surface area contributed by atoms with Gasteiger partial charge in [-0.25, -0.2) is 4.68 Å². The molecule has 3 aromatic heterocycles. The maximum Gasteiger partial charge on any atom is 0.203 e. The van der Waals surface area contributed by atoms with E-state index in [1.54, 1.807) is 54.8 Å². The van der Waals surface area contributed by atoms with Crippen molar-refractivity contribution in [2.75, 3.05) is 0 Å². The summed E-state index contributed by atoms with van der Waals surface area (Å²) in [5, 5.41) is 49.0. The topological polar surface area (TPSA) is 139 Å². The van der Waals surface area contributed by atoms with Gasteiger partial charge in [0, 0.05) is 0 Å². The van der Waals surface area contributed by atoms with Crippen LogP contribution in [-0.4, -0.2) is 43.5 Å². The Hall–Kier alpha value is -5.58. The summed E-state index contributed by atoms with van der Waals surface area (Å²) < 4.78 is 8.87. The van der Waals surface area contributed by atoms with Crippen LogP contribution in [0, 0.1) is 30.1 Å². The fourth-order valence-corrected chi connectivity index (χ4v) is 7.45. The summed E-state index contributed by atoms with van der Waals surface area (Å²) in [7, 11) is 0. The first-order valence-electron chi connectivity index (χ1n) is 18.1. The van der Waals surface area contributed by atoms with Crippen LogP contribution in [0.25, 0.3) is 27.8 Å². The van der Waals surface area contributed by atoms with E-state index in [4.69, 9.17) is 63.6 Å². The standard InChI is InChI=1S/C25H22Cl2N6O.C18H15Cl2N3O/c1-16-6-2-3-7-21(16)33-14-18(29-30-33)13-31-22-8-4-5-9-23(22)32(25(31)28)15-24(34)17-10-11-19(26)20(27)12-17;1-2-9-22-15-5-3-4-6-16(15)23(18(22)21)11-17(24)12-7-8-13(19)14(20)10-12/h2-12,14,24,28,34H,13,15H2,1H3;1,3-8,10,17,21,24H,9,11H2. The van der Waals surface area contributed by atoms with Gasteiger partial charge in [0.2, 0.25) is 11.2 Å². The molecule has 0 saturated carbocycles. The largest absolute Gasteiger partial charge is 0.387 e. The Morgan fingerprint density at radius 2 is 1.10 bits per heavy atom. The van der Waals surface area contributed by atoms with Crippen LogP contribution in [0.4, 0.5) is 0 Å². The van der Waals surface area contributed by atoms with Crippen LogP contribution in [-0.2, 0) is 26.2 Å². The molecule has 0 saturated heterocycles. The summed E-state index contributed by atoms with van der Waals surface area (Å²) in [5.41, 5.74) is 8.00. The first kappa shape index (κ1) is 40.6. The third kappa shape index (κ3) is 8.35. The molecule has 0 amide bonds. The van der Waals surface area contributed by atoms with Crippen molar-refractivity contribution in [2.45, 2.75) is 45.3 Å². The zero-order valence-corrected chi connectivity index (χ0v) is 34.1. The Labute approximate surface area is 353 Å². The molecule has 15 heteroatoms. The van der Waals surface area contributed by atoms with Gasteiger partial charge in [-0.05, 0) is 78.2 Å². The molecular formula is C43H37Cl4N9O2. The zero-order chi connectivity index (χ0) is 41.1. The number of nitrogens with zero attached hydrogens (tertiary/aromatic N) is 7. The highest BCUT2D eigenvalue weighted by molar-refractivity contribution is 6.42. The maximum absolute atomic E-state index is 10.9. The molecule has 0 spiro atoms. The Balaban J connectivity index is 0.000000188. The average molecular weight is 854 g/mol. The van der Waals surface area contributed by atoms with Crippen molar-refractivity contribution in [2.24, 2.45) is 0 Å². The number of aliphatic hydroxyl groups excluding tert-OH is 2. The van der Waals surface area contributed by atoms with E-state index in [1.165, 1.54) is 0 Å². The van der Waals surface area contributed by atoms with Gasteiger partial charge in [-0.1, -0.05) is 112 Å². The summed E-state index contributed by atoms with van der Waals surface area (Å²) >= 11 is 24.1. The number of rotatable bonds is 10. The van der Waals surface area contributed by atoms with Crippen molar-refractivity contribution < 1.29 is 10.2 Å². The Kier molecular flexibility index (Phi) is 12.3. The van der Waals surface area contributed by atoms with E-state index in [0.717, 1.165) is 39.0 Å². The lowest BCUT2D eigenvalue weighted by Crippen LogP contribution is -2.27. The van der Waals surface area contributed by atoms with Gasteiger partial charge < -0.3 is 23.9 Å². The van der Waals surface area contributed by atoms with E-state index in [-0.39, 0.29) is 24.3 Å². The van der Waals surface area contributed by atoms with Crippen LogP contribution in [0.3, 0.4) is 0 Å². The van der Waals surface area contributed by atoms with Crippen molar-refractivity contribution in [3.05, 3.63) is 169 Å². The summed E-state index contributed by atoms with van der Waals surface area (Å²) in [6, 6.07) is 33.4. The average Bonchev–Trinajstić information content (AvgIpc) is 3.87. The summed E-state index contributed by atoms with van der Waals surface area (Å²) in [6.45, 7) is 3.12. The fraction of sp³-hybridized carbons (Fsp3) is 0.163. The number of benzene rings is 5. The van der Waals surface area contributed by atoms with Crippen LogP contribution < -0.4 is 11.2 Å². The molecule has 0 bridgehead atoms. The molecule has 8 aromatic rings. The number of nitrogens with one attached hydrogen (secondary N) is 2. The number of fused-ring (bicyclic) bond motifs is 2. The van der Waals surface area contributed by atoms with Gasteiger partial charge in [0.15, 0.2) is 0 Å². The first-order chi connectivity index (χ1) is 27.9. The first-order valence-corrected chi connectivity index (χ1v) is 19.6. The van der Waals surface area contributed by atoms with Crippen molar-refractivity contribution in [1.29, 1.82) is 10.8 Å². The number of aryl methyl sites for hydroxylation is 1. The Morgan fingerprint density at radius 1 is 0.638 bits per heavy atom. The number of hydrogen-bond acceptors (Lipinski definition) is 6. The molecule has 0 fully saturated rings. The molecule has 0 radical (unpaired) electrons. The SMILES string of the molecule is C#CCn1c(=N)n(CC(O)c2ccc(Cl)c(Cl)c2)c2ccccc21.Cc1ccccc1-n1cc(Cn2c(=N)n(CC(O)c3ccc(Cl)c(Cl)c3)c3ccccc32)nn1. The number of para-hydroxylation sites is 5. The third-order valence-electron chi connectivity index (χ3n) is 9.79. The van der Waals surface area contributed by atoms with Crippen LogP contribution in [0.2, 0.25) is 20.1 Å². The smallest absolute Gasteiger partial charge is 0.203 e. The molecule has 0 aliphatic carbocycles. The molecule has 58 heavy (non-hydrogen) atoms. The monoisotopic (exact) mass is 851 g/mol. The van der Waals surface area contributed by atoms with Gasteiger partial charge in [0.25, 0.3) is 0 Å². The van der Waals surface area contributed by atoms with Gasteiger partial charge in [0.05, 0.1) is 92.4 Å². The lowest BCUT2D eigenvalue weighted by molar-refractivity contribution is 0.155.